The van der Waals surface area contributed by atoms with Crippen LogP contribution in [0.4, 0.5) is 17.8 Å². The average molecular weight is 336 g/mol. The summed E-state index contributed by atoms with van der Waals surface area (Å²) in [6.07, 6.45) is -0.494. The SMILES string of the molecule is O=C1CC(S(=O)(=O)F)CN1c1nc2c(F)cc(F)cc2s1. The minimum absolute atomic E-state index is 0.0191. The molecule has 0 N–H and O–H groups in total. The Morgan fingerprint density at radius 3 is 2.67 bits per heavy atom. The van der Waals surface area contributed by atoms with Gasteiger partial charge in [0.1, 0.15) is 16.6 Å². The fourth-order valence-corrected chi connectivity index (χ4v) is 3.81. The number of anilines is 1. The Labute approximate surface area is 121 Å². The molecule has 0 bridgehead atoms. The maximum atomic E-state index is 13.6. The first-order valence-electron chi connectivity index (χ1n) is 5.75. The molecule has 21 heavy (non-hydrogen) atoms. The molecule has 10 heteroatoms. The van der Waals surface area contributed by atoms with Gasteiger partial charge in [-0.05, 0) is 6.07 Å². The summed E-state index contributed by atoms with van der Waals surface area (Å²) in [6, 6.07) is 1.72. The first-order chi connectivity index (χ1) is 9.75. The number of thiazole rings is 1. The molecular formula is C11H7F3N2O3S2. The van der Waals surface area contributed by atoms with E-state index in [2.05, 4.69) is 4.98 Å². The van der Waals surface area contributed by atoms with Gasteiger partial charge in [-0.3, -0.25) is 9.69 Å². The molecule has 1 aromatic heterocycles. The van der Waals surface area contributed by atoms with Crippen LogP contribution in [0.5, 0.6) is 0 Å². The summed E-state index contributed by atoms with van der Waals surface area (Å²) in [5.74, 6) is -2.29. The quantitative estimate of drug-likeness (QED) is 0.787. The van der Waals surface area contributed by atoms with Crippen LogP contribution in [0.3, 0.4) is 0 Å². The molecule has 0 radical (unpaired) electrons. The number of hydrogen-bond donors (Lipinski definition) is 0. The molecule has 1 aliphatic rings. The molecule has 1 aromatic carbocycles. The maximum Gasteiger partial charge on any atom is 0.307 e. The van der Waals surface area contributed by atoms with Gasteiger partial charge in [-0.15, -0.1) is 3.89 Å². The standard InChI is InChI=1S/C11H7F3N2O3S2/c12-5-1-7(13)10-8(2-5)20-11(15-10)16-4-6(3-9(16)17)21(14,18)19/h1-2,6H,3-4H2. The number of aromatic nitrogens is 1. The van der Waals surface area contributed by atoms with Gasteiger partial charge >= 0.3 is 10.2 Å². The van der Waals surface area contributed by atoms with Crippen LogP contribution in [0.1, 0.15) is 6.42 Å². The van der Waals surface area contributed by atoms with Gasteiger partial charge in [0.2, 0.25) is 5.91 Å². The Morgan fingerprint density at radius 2 is 2.05 bits per heavy atom. The second-order valence-corrected chi connectivity index (χ2v) is 7.16. The molecule has 2 aromatic rings. The minimum Gasteiger partial charge on any atom is -0.287 e. The Bertz CT molecular complexity index is 850. The van der Waals surface area contributed by atoms with Gasteiger partial charge in [0.15, 0.2) is 10.9 Å². The predicted molar refractivity (Wildman–Crippen MR) is 70.3 cm³/mol. The second kappa shape index (κ2) is 4.67. The van der Waals surface area contributed by atoms with Gasteiger partial charge < -0.3 is 0 Å². The molecule has 3 rings (SSSR count). The number of nitrogens with zero attached hydrogens (tertiary/aromatic N) is 2. The lowest BCUT2D eigenvalue weighted by Crippen LogP contribution is -2.26. The zero-order valence-electron chi connectivity index (χ0n) is 10.2. The predicted octanol–water partition coefficient (Wildman–Crippen LogP) is 1.98. The Morgan fingerprint density at radius 1 is 1.33 bits per heavy atom. The van der Waals surface area contributed by atoms with Crippen molar-refractivity contribution in [1.82, 2.24) is 4.98 Å². The van der Waals surface area contributed by atoms with Crippen LogP contribution in [-0.4, -0.2) is 31.1 Å². The topological polar surface area (TPSA) is 67.3 Å². The third-order valence-electron chi connectivity index (χ3n) is 3.12. The lowest BCUT2D eigenvalue weighted by atomic mass is 10.3. The van der Waals surface area contributed by atoms with Crippen LogP contribution in [-0.2, 0) is 15.0 Å². The van der Waals surface area contributed by atoms with E-state index in [1.165, 1.54) is 0 Å². The third-order valence-corrected chi connectivity index (χ3v) is 5.26. The number of carbonyl (C=O) groups is 1. The number of halogens is 3. The molecule has 1 unspecified atom stereocenters. The van der Waals surface area contributed by atoms with Crippen molar-refractivity contribution in [1.29, 1.82) is 0 Å². The fraction of sp³-hybridized carbons (Fsp3) is 0.273. The molecule has 0 spiro atoms. The van der Waals surface area contributed by atoms with Crippen molar-refractivity contribution in [2.24, 2.45) is 0 Å². The molecule has 0 aliphatic carbocycles. The Kier molecular flexibility index (Phi) is 3.17. The molecular weight excluding hydrogens is 329 g/mol. The summed E-state index contributed by atoms with van der Waals surface area (Å²) in [5, 5.41) is -1.44. The van der Waals surface area contributed by atoms with E-state index in [0.717, 1.165) is 22.3 Å². The summed E-state index contributed by atoms with van der Waals surface area (Å²) in [7, 11) is -4.84. The van der Waals surface area contributed by atoms with E-state index < -0.39 is 39.4 Å². The smallest absolute Gasteiger partial charge is 0.287 e. The largest absolute Gasteiger partial charge is 0.307 e. The van der Waals surface area contributed by atoms with E-state index in [4.69, 9.17) is 0 Å². The van der Waals surface area contributed by atoms with Gasteiger partial charge in [-0.25, -0.2) is 13.8 Å². The zero-order chi connectivity index (χ0) is 15.4. The summed E-state index contributed by atoms with van der Waals surface area (Å²) < 4.78 is 61.5. The van der Waals surface area contributed by atoms with E-state index in [0.29, 0.717) is 6.07 Å². The monoisotopic (exact) mass is 336 g/mol. The van der Waals surface area contributed by atoms with Crippen LogP contribution >= 0.6 is 11.3 Å². The summed E-state index contributed by atoms with van der Waals surface area (Å²) in [5.41, 5.74) is -0.115. The average Bonchev–Trinajstić information content (AvgIpc) is 2.91. The minimum atomic E-state index is -4.84. The zero-order valence-corrected chi connectivity index (χ0v) is 11.8. The molecule has 1 aliphatic heterocycles. The summed E-state index contributed by atoms with van der Waals surface area (Å²) in [6.45, 7) is -0.387. The molecule has 1 atom stereocenters. The van der Waals surface area contributed by atoms with Crippen LogP contribution in [0.15, 0.2) is 12.1 Å². The van der Waals surface area contributed by atoms with Gasteiger partial charge in [0.25, 0.3) is 0 Å². The first kappa shape index (κ1) is 14.3. The van der Waals surface area contributed by atoms with Crippen molar-refractivity contribution in [2.45, 2.75) is 11.7 Å². The van der Waals surface area contributed by atoms with Crippen molar-refractivity contribution in [3.63, 3.8) is 0 Å². The lowest BCUT2D eigenvalue weighted by molar-refractivity contribution is -0.117. The van der Waals surface area contributed by atoms with Crippen molar-refractivity contribution in [3.05, 3.63) is 23.8 Å². The van der Waals surface area contributed by atoms with Gasteiger partial charge in [0, 0.05) is 19.0 Å². The molecule has 1 saturated heterocycles. The van der Waals surface area contributed by atoms with Crippen LogP contribution in [0.25, 0.3) is 10.2 Å². The van der Waals surface area contributed by atoms with Crippen molar-refractivity contribution >= 4 is 42.8 Å². The number of carbonyl (C=O) groups excluding carboxylic acids is 1. The van der Waals surface area contributed by atoms with Crippen LogP contribution in [0, 0.1) is 11.6 Å². The van der Waals surface area contributed by atoms with Crippen molar-refractivity contribution in [3.8, 4) is 0 Å². The summed E-state index contributed by atoms with van der Waals surface area (Å²) in [4.78, 5) is 16.6. The maximum absolute atomic E-state index is 13.6. The number of amides is 1. The highest BCUT2D eigenvalue weighted by atomic mass is 32.3. The highest BCUT2D eigenvalue weighted by Gasteiger charge is 2.40. The highest BCUT2D eigenvalue weighted by molar-refractivity contribution is 7.87. The van der Waals surface area contributed by atoms with Crippen LogP contribution in [0.2, 0.25) is 0 Å². The summed E-state index contributed by atoms with van der Waals surface area (Å²) >= 11 is 0.836. The van der Waals surface area contributed by atoms with Gasteiger partial charge in [-0.1, -0.05) is 11.3 Å². The highest BCUT2D eigenvalue weighted by Crippen LogP contribution is 2.34. The molecule has 1 fully saturated rings. The first-order valence-corrected chi connectivity index (χ1v) is 8.01. The lowest BCUT2D eigenvalue weighted by Gasteiger charge is -2.11. The van der Waals surface area contributed by atoms with Crippen molar-refractivity contribution < 1.29 is 25.9 Å². The normalized spacial score (nSPS) is 19.7. The fourth-order valence-electron chi connectivity index (χ4n) is 2.11. The van der Waals surface area contributed by atoms with Crippen molar-refractivity contribution in [2.75, 3.05) is 11.4 Å². The van der Waals surface area contributed by atoms with E-state index >= 15 is 0 Å². The Hall–Kier alpha value is -1.68. The number of fused-ring (bicyclic) bond motifs is 1. The molecule has 1 amide bonds. The van der Waals surface area contributed by atoms with E-state index in [-0.39, 0.29) is 21.9 Å². The number of hydrogen-bond acceptors (Lipinski definition) is 5. The molecule has 0 saturated carbocycles. The number of benzene rings is 1. The molecule has 112 valence electrons. The number of rotatable bonds is 2. The van der Waals surface area contributed by atoms with E-state index in [1.54, 1.807) is 0 Å². The second-order valence-electron chi connectivity index (χ2n) is 4.54. The van der Waals surface area contributed by atoms with Gasteiger partial charge in [-0.2, -0.15) is 8.42 Å². The van der Waals surface area contributed by atoms with E-state index in [9.17, 15) is 25.9 Å². The van der Waals surface area contributed by atoms with Crippen LogP contribution < -0.4 is 4.90 Å². The molecule has 5 nitrogen and oxygen atoms in total. The molecule has 2 heterocycles. The Balaban J connectivity index is 2.02. The van der Waals surface area contributed by atoms with Gasteiger partial charge in [0.05, 0.1) is 4.70 Å². The van der Waals surface area contributed by atoms with E-state index in [1.807, 2.05) is 0 Å². The third kappa shape index (κ3) is 2.48.